The first kappa shape index (κ1) is 12.9. The molecule has 0 aliphatic rings. The Labute approximate surface area is 83.1 Å². The highest BCUT2D eigenvalue weighted by Crippen LogP contribution is 2.00. The third-order valence-corrected chi connectivity index (χ3v) is 2.08. The number of unbranched alkanes of at least 4 members (excludes halogenated alkanes) is 3. The Morgan fingerprint density at radius 2 is 1.92 bits per heavy atom. The molecule has 0 saturated heterocycles. The second-order valence-corrected chi connectivity index (χ2v) is 3.55. The second kappa shape index (κ2) is 10.0. The van der Waals surface area contributed by atoms with E-state index in [4.69, 9.17) is 4.74 Å². The Morgan fingerprint density at radius 1 is 1.15 bits per heavy atom. The summed E-state index contributed by atoms with van der Waals surface area (Å²) in [6.07, 6.45) is 5.52. The molecule has 1 N–H and O–H groups in total. The van der Waals surface area contributed by atoms with Crippen LogP contribution in [0.25, 0.3) is 0 Å². The Hall–Kier alpha value is -0.0800. The smallest absolute Gasteiger partial charge is 0.0671 e. The number of hydrogen-bond acceptors (Lipinski definition) is 2. The van der Waals surface area contributed by atoms with Crippen molar-refractivity contribution in [3.8, 4) is 0 Å². The van der Waals surface area contributed by atoms with E-state index in [0.29, 0.717) is 6.10 Å². The molecule has 0 rings (SSSR count). The van der Waals surface area contributed by atoms with E-state index in [9.17, 15) is 0 Å². The van der Waals surface area contributed by atoms with E-state index in [1.165, 1.54) is 25.7 Å². The SMILES string of the molecule is CCCCCCOC(C)CNCC. The highest BCUT2D eigenvalue weighted by Gasteiger charge is 1.99. The molecule has 0 spiro atoms. The molecule has 0 heterocycles. The Balaban J connectivity index is 3.03. The zero-order valence-electron chi connectivity index (χ0n) is 9.44. The minimum atomic E-state index is 0.363. The number of hydrogen-bond donors (Lipinski definition) is 1. The molecule has 80 valence electrons. The number of rotatable bonds is 9. The van der Waals surface area contributed by atoms with Gasteiger partial charge in [-0.1, -0.05) is 33.1 Å². The first-order valence-corrected chi connectivity index (χ1v) is 5.63. The minimum absolute atomic E-state index is 0.363. The van der Waals surface area contributed by atoms with Crippen molar-refractivity contribution in [1.82, 2.24) is 5.32 Å². The first-order chi connectivity index (χ1) is 6.31. The lowest BCUT2D eigenvalue weighted by molar-refractivity contribution is 0.0635. The van der Waals surface area contributed by atoms with Gasteiger partial charge in [-0.15, -0.1) is 0 Å². The van der Waals surface area contributed by atoms with Crippen LogP contribution >= 0.6 is 0 Å². The summed E-state index contributed by atoms with van der Waals surface area (Å²) < 4.78 is 5.63. The van der Waals surface area contributed by atoms with E-state index >= 15 is 0 Å². The van der Waals surface area contributed by atoms with Crippen LogP contribution in [-0.2, 0) is 4.74 Å². The quantitative estimate of drug-likeness (QED) is 0.560. The van der Waals surface area contributed by atoms with Gasteiger partial charge in [0, 0.05) is 13.2 Å². The van der Waals surface area contributed by atoms with E-state index < -0.39 is 0 Å². The Bertz CT molecular complexity index is 96.1. The van der Waals surface area contributed by atoms with Gasteiger partial charge in [0.15, 0.2) is 0 Å². The van der Waals surface area contributed by atoms with Crippen LogP contribution in [0.2, 0.25) is 0 Å². The summed E-state index contributed by atoms with van der Waals surface area (Å²) in [4.78, 5) is 0. The highest BCUT2D eigenvalue weighted by molar-refractivity contribution is 4.53. The van der Waals surface area contributed by atoms with Crippen molar-refractivity contribution in [1.29, 1.82) is 0 Å². The average Bonchev–Trinajstić information content (AvgIpc) is 2.14. The number of ether oxygens (including phenoxy) is 1. The van der Waals surface area contributed by atoms with Crippen LogP contribution in [0.5, 0.6) is 0 Å². The standard InChI is InChI=1S/C11H25NO/c1-4-6-7-8-9-13-11(3)10-12-5-2/h11-12H,4-10H2,1-3H3. The molecule has 1 unspecified atom stereocenters. The lowest BCUT2D eigenvalue weighted by Gasteiger charge is -2.12. The van der Waals surface area contributed by atoms with Crippen LogP contribution in [0.4, 0.5) is 0 Å². The van der Waals surface area contributed by atoms with Gasteiger partial charge < -0.3 is 10.1 Å². The van der Waals surface area contributed by atoms with Gasteiger partial charge >= 0.3 is 0 Å². The second-order valence-electron chi connectivity index (χ2n) is 3.55. The first-order valence-electron chi connectivity index (χ1n) is 5.63. The molecule has 0 saturated carbocycles. The molecule has 0 aromatic rings. The number of likely N-dealkylation sites (N-methyl/N-ethyl adjacent to an activating group) is 1. The summed E-state index contributed by atoms with van der Waals surface area (Å²) in [7, 11) is 0. The highest BCUT2D eigenvalue weighted by atomic mass is 16.5. The predicted octanol–water partition coefficient (Wildman–Crippen LogP) is 2.58. The van der Waals surface area contributed by atoms with E-state index in [0.717, 1.165) is 19.7 Å². The summed E-state index contributed by atoms with van der Waals surface area (Å²) in [5, 5.41) is 3.28. The largest absolute Gasteiger partial charge is 0.377 e. The molecule has 0 radical (unpaired) electrons. The molecule has 0 amide bonds. The van der Waals surface area contributed by atoms with E-state index in [-0.39, 0.29) is 0 Å². The molecular formula is C11H25NO. The van der Waals surface area contributed by atoms with Crippen LogP contribution in [0.1, 0.15) is 46.5 Å². The van der Waals surface area contributed by atoms with Crippen molar-refractivity contribution in [3.63, 3.8) is 0 Å². The van der Waals surface area contributed by atoms with Gasteiger partial charge in [-0.05, 0) is 19.9 Å². The molecule has 0 aromatic carbocycles. The average molecular weight is 187 g/mol. The van der Waals surface area contributed by atoms with Crippen LogP contribution in [-0.4, -0.2) is 25.8 Å². The topological polar surface area (TPSA) is 21.3 Å². The van der Waals surface area contributed by atoms with Gasteiger partial charge in [0.25, 0.3) is 0 Å². The third kappa shape index (κ3) is 9.84. The van der Waals surface area contributed by atoms with Crippen LogP contribution < -0.4 is 5.32 Å². The van der Waals surface area contributed by atoms with Gasteiger partial charge in [-0.2, -0.15) is 0 Å². The molecule has 0 fully saturated rings. The van der Waals surface area contributed by atoms with E-state index in [2.05, 4.69) is 26.1 Å². The maximum atomic E-state index is 5.63. The molecule has 0 bridgehead atoms. The molecule has 1 atom stereocenters. The van der Waals surface area contributed by atoms with Gasteiger partial charge in [0.05, 0.1) is 6.10 Å². The Kier molecular flexibility index (Phi) is 9.94. The van der Waals surface area contributed by atoms with Crippen molar-refractivity contribution in [3.05, 3.63) is 0 Å². The summed E-state index contributed by atoms with van der Waals surface area (Å²) in [5.74, 6) is 0. The minimum Gasteiger partial charge on any atom is -0.377 e. The van der Waals surface area contributed by atoms with E-state index in [1.54, 1.807) is 0 Å². The van der Waals surface area contributed by atoms with Crippen LogP contribution in [0.15, 0.2) is 0 Å². The van der Waals surface area contributed by atoms with Gasteiger partial charge in [-0.3, -0.25) is 0 Å². The van der Waals surface area contributed by atoms with E-state index in [1.807, 2.05) is 0 Å². The monoisotopic (exact) mass is 187 g/mol. The van der Waals surface area contributed by atoms with Crippen molar-refractivity contribution in [2.24, 2.45) is 0 Å². The molecule has 0 aliphatic heterocycles. The summed E-state index contributed by atoms with van der Waals surface area (Å²) in [5.41, 5.74) is 0. The molecule has 0 aromatic heterocycles. The maximum Gasteiger partial charge on any atom is 0.0671 e. The zero-order chi connectivity index (χ0) is 9.94. The molecular weight excluding hydrogens is 162 g/mol. The van der Waals surface area contributed by atoms with Gasteiger partial charge in [0.1, 0.15) is 0 Å². The molecule has 13 heavy (non-hydrogen) atoms. The van der Waals surface area contributed by atoms with Crippen molar-refractivity contribution in [2.45, 2.75) is 52.6 Å². The summed E-state index contributed by atoms with van der Waals surface area (Å²) >= 11 is 0. The van der Waals surface area contributed by atoms with Crippen LogP contribution in [0, 0.1) is 0 Å². The molecule has 2 heteroatoms. The lowest BCUT2D eigenvalue weighted by atomic mass is 10.2. The fraction of sp³-hybridized carbons (Fsp3) is 1.00. The van der Waals surface area contributed by atoms with Gasteiger partial charge in [-0.25, -0.2) is 0 Å². The fourth-order valence-electron chi connectivity index (χ4n) is 1.22. The predicted molar refractivity (Wildman–Crippen MR) is 58.1 cm³/mol. The summed E-state index contributed by atoms with van der Waals surface area (Å²) in [6, 6.07) is 0. The van der Waals surface area contributed by atoms with Gasteiger partial charge in [0.2, 0.25) is 0 Å². The molecule has 0 aliphatic carbocycles. The van der Waals surface area contributed by atoms with Crippen molar-refractivity contribution in [2.75, 3.05) is 19.7 Å². The summed E-state index contributed by atoms with van der Waals surface area (Å²) in [6.45, 7) is 9.41. The maximum absolute atomic E-state index is 5.63. The number of nitrogens with one attached hydrogen (secondary N) is 1. The fourth-order valence-corrected chi connectivity index (χ4v) is 1.22. The lowest BCUT2D eigenvalue weighted by Crippen LogP contribution is -2.26. The molecule has 2 nitrogen and oxygen atoms in total. The van der Waals surface area contributed by atoms with Crippen molar-refractivity contribution >= 4 is 0 Å². The van der Waals surface area contributed by atoms with Crippen LogP contribution in [0.3, 0.4) is 0 Å². The normalized spacial score (nSPS) is 13.2. The zero-order valence-corrected chi connectivity index (χ0v) is 9.44. The Morgan fingerprint density at radius 3 is 2.54 bits per heavy atom. The van der Waals surface area contributed by atoms with Crippen molar-refractivity contribution < 1.29 is 4.74 Å². The third-order valence-electron chi connectivity index (χ3n) is 2.08.